The Labute approximate surface area is 117 Å². The van der Waals surface area contributed by atoms with Crippen molar-refractivity contribution in [3.63, 3.8) is 0 Å². The third-order valence-corrected chi connectivity index (χ3v) is 3.64. The van der Waals surface area contributed by atoms with Gasteiger partial charge in [-0.2, -0.15) is 11.8 Å². The maximum absolute atomic E-state index is 10.9. The van der Waals surface area contributed by atoms with E-state index in [2.05, 4.69) is 17.4 Å². The average Bonchev–Trinajstić information content (AvgIpc) is 2.32. The second kappa shape index (κ2) is 7.84. The lowest BCUT2D eigenvalue weighted by atomic mass is 10.2. The van der Waals surface area contributed by atoms with Crippen molar-refractivity contribution in [3.05, 3.63) is 35.4 Å². The van der Waals surface area contributed by atoms with Crippen molar-refractivity contribution in [1.29, 1.82) is 0 Å². The zero-order valence-electron chi connectivity index (χ0n) is 11.2. The molecule has 0 bridgehead atoms. The summed E-state index contributed by atoms with van der Waals surface area (Å²) in [6.07, 6.45) is 0.436. The minimum Gasteiger partial charge on any atom is -0.480 e. The van der Waals surface area contributed by atoms with Crippen molar-refractivity contribution in [1.82, 2.24) is 5.32 Å². The van der Waals surface area contributed by atoms with Crippen molar-refractivity contribution >= 4 is 23.6 Å². The summed E-state index contributed by atoms with van der Waals surface area (Å²) in [6, 6.07) is 7.45. The number of carboxylic acid groups (broad SMARTS) is 1. The van der Waals surface area contributed by atoms with E-state index in [0.29, 0.717) is 12.2 Å². The molecular weight excluding hydrogens is 262 g/mol. The number of hydrogen-bond donors (Lipinski definition) is 2. The molecule has 104 valence electrons. The number of benzene rings is 1. The first-order valence-corrected chi connectivity index (χ1v) is 7.27. The van der Waals surface area contributed by atoms with E-state index in [-0.39, 0.29) is 5.91 Å². The fourth-order valence-electron chi connectivity index (χ4n) is 1.70. The molecule has 4 nitrogen and oxygen atoms in total. The topological polar surface area (TPSA) is 66.4 Å². The van der Waals surface area contributed by atoms with Crippen LogP contribution in [0.5, 0.6) is 0 Å². The quantitative estimate of drug-likeness (QED) is 0.752. The molecule has 0 saturated heterocycles. The molecule has 0 radical (unpaired) electrons. The lowest BCUT2D eigenvalue weighted by Crippen LogP contribution is -2.39. The van der Waals surface area contributed by atoms with Crippen LogP contribution in [0.1, 0.15) is 24.5 Å². The maximum Gasteiger partial charge on any atom is 0.326 e. The summed E-state index contributed by atoms with van der Waals surface area (Å²) in [5.74, 6) is 0.265. The highest BCUT2D eigenvalue weighted by molar-refractivity contribution is 7.98. The summed E-state index contributed by atoms with van der Waals surface area (Å²) in [5.41, 5.74) is 2.45. The standard InChI is InChI=1S/C14H19NO3S/c1-10-4-3-5-12(8-10)9-19-7-6-13(14(17)18)15-11(2)16/h3-5,8,13H,6-7,9H2,1-2H3,(H,15,16)(H,17,18). The lowest BCUT2D eigenvalue weighted by molar-refractivity contribution is -0.141. The van der Waals surface area contributed by atoms with E-state index in [1.807, 2.05) is 19.1 Å². The molecule has 1 aromatic carbocycles. The highest BCUT2D eigenvalue weighted by Gasteiger charge is 2.17. The van der Waals surface area contributed by atoms with Crippen LogP contribution in [0.15, 0.2) is 24.3 Å². The number of aliphatic carboxylic acids is 1. The molecule has 0 fully saturated rings. The van der Waals surface area contributed by atoms with E-state index < -0.39 is 12.0 Å². The normalized spacial score (nSPS) is 11.9. The van der Waals surface area contributed by atoms with E-state index >= 15 is 0 Å². The summed E-state index contributed by atoms with van der Waals surface area (Å²) in [5, 5.41) is 11.4. The highest BCUT2D eigenvalue weighted by Crippen LogP contribution is 2.15. The van der Waals surface area contributed by atoms with Crippen molar-refractivity contribution in [2.75, 3.05) is 5.75 Å². The number of nitrogens with one attached hydrogen (secondary N) is 1. The summed E-state index contributed by atoms with van der Waals surface area (Å²) in [7, 11) is 0. The Kier molecular flexibility index (Phi) is 6.42. The molecule has 0 aliphatic rings. The molecule has 0 aliphatic carbocycles. The number of amides is 1. The van der Waals surface area contributed by atoms with Crippen LogP contribution in [-0.4, -0.2) is 28.8 Å². The predicted molar refractivity (Wildman–Crippen MR) is 77.2 cm³/mol. The monoisotopic (exact) mass is 281 g/mol. The molecule has 0 saturated carbocycles. The fraction of sp³-hybridized carbons (Fsp3) is 0.429. The molecule has 1 atom stereocenters. The zero-order valence-corrected chi connectivity index (χ0v) is 12.0. The summed E-state index contributed by atoms with van der Waals surface area (Å²) in [4.78, 5) is 21.8. The van der Waals surface area contributed by atoms with Gasteiger partial charge >= 0.3 is 5.97 Å². The van der Waals surface area contributed by atoms with Crippen LogP contribution in [0, 0.1) is 6.92 Å². The highest BCUT2D eigenvalue weighted by atomic mass is 32.2. The molecule has 0 aromatic heterocycles. The smallest absolute Gasteiger partial charge is 0.326 e. The maximum atomic E-state index is 10.9. The van der Waals surface area contributed by atoms with Gasteiger partial charge in [0.1, 0.15) is 6.04 Å². The number of carbonyl (C=O) groups is 2. The van der Waals surface area contributed by atoms with Crippen LogP contribution < -0.4 is 5.32 Å². The van der Waals surface area contributed by atoms with E-state index in [4.69, 9.17) is 5.11 Å². The Morgan fingerprint density at radius 1 is 1.42 bits per heavy atom. The Balaban J connectivity index is 2.32. The Morgan fingerprint density at radius 3 is 2.74 bits per heavy atom. The van der Waals surface area contributed by atoms with Crippen LogP contribution in [0.3, 0.4) is 0 Å². The Morgan fingerprint density at radius 2 is 2.16 bits per heavy atom. The second-order valence-electron chi connectivity index (χ2n) is 4.42. The third-order valence-electron chi connectivity index (χ3n) is 2.58. The minimum atomic E-state index is -0.980. The minimum absolute atomic E-state index is 0.309. The van der Waals surface area contributed by atoms with Gasteiger partial charge in [-0.25, -0.2) is 4.79 Å². The van der Waals surface area contributed by atoms with Gasteiger partial charge in [0, 0.05) is 12.7 Å². The van der Waals surface area contributed by atoms with Gasteiger partial charge in [-0.3, -0.25) is 4.79 Å². The van der Waals surface area contributed by atoms with Crippen LogP contribution in [-0.2, 0) is 15.3 Å². The first-order valence-electron chi connectivity index (χ1n) is 6.12. The molecule has 0 aliphatic heterocycles. The van der Waals surface area contributed by atoms with Gasteiger partial charge in [0.25, 0.3) is 0 Å². The molecule has 1 rings (SSSR count). The molecule has 5 heteroatoms. The van der Waals surface area contributed by atoms with Crippen LogP contribution in [0.25, 0.3) is 0 Å². The van der Waals surface area contributed by atoms with Crippen LogP contribution in [0.2, 0.25) is 0 Å². The SMILES string of the molecule is CC(=O)NC(CCSCc1cccc(C)c1)C(=O)O. The van der Waals surface area contributed by atoms with Crippen molar-refractivity contribution in [2.24, 2.45) is 0 Å². The number of carboxylic acids is 1. The van der Waals surface area contributed by atoms with Gasteiger partial charge in [0.15, 0.2) is 0 Å². The second-order valence-corrected chi connectivity index (χ2v) is 5.53. The van der Waals surface area contributed by atoms with Gasteiger partial charge in [-0.1, -0.05) is 29.8 Å². The summed E-state index contributed by atoms with van der Waals surface area (Å²) in [6.45, 7) is 3.38. The number of thioether (sulfide) groups is 1. The third kappa shape index (κ3) is 6.29. The average molecular weight is 281 g/mol. The van der Waals surface area contributed by atoms with Crippen LogP contribution >= 0.6 is 11.8 Å². The van der Waals surface area contributed by atoms with Crippen molar-refractivity contribution in [3.8, 4) is 0 Å². The van der Waals surface area contributed by atoms with Crippen molar-refractivity contribution < 1.29 is 14.7 Å². The van der Waals surface area contributed by atoms with Gasteiger partial charge in [0.05, 0.1) is 0 Å². The molecular formula is C14H19NO3S. The van der Waals surface area contributed by atoms with E-state index in [1.165, 1.54) is 18.1 Å². The van der Waals surface area contributed by atoms with Gasteiger partial charge < -0.3 is 10.4 Å². The number of carbonyl (C=O) groups excluding carboxylic acids is 1. The number of rotatable bonds is 7. The van der Waals surface area contributed by atoms with Gasteiger partial charge in [0.2, 0.25) is 5.91 Å². The predicted octanol–water partition coefficient (Wildman–Crippen LogP) is 2.21. The van der Waals surface area contributed by atoms with Gasteiger partial charge in [-0.05, 0) is 24.7 Å². The first kappa shape index (κ1) is 15.6. The molecule has 0 spiro atoms. The Hall–Kier alpha value is -1.49. The van der Waals surface area contributed by atoms with E-state index in [0.717, 1.165) is 5.75 Å². The first-order chi connectivity index (χ1) is 8.99. The molecule has 1 amide bonds. The molecule has 0 heterocycles. The zero-order chi connectivity index (χ0) is 14.3. The fourth-order valence-corrected chi connectivity index (χ4v) is 2.66. The summed E-state index contributed by atoms with van der Waals surface area (Å²) < 4.78 is 0. The lowest BCUT2D eigenvalue weighted by Gasteiger charge is -2.12. The molecule has 1 aromatic rings. The van der Waals surface area contributed by atoms with Crippen molar-refractivity contribution in [2.45, 2.75) is 32.1 Å². The van der Waals surface area contributed by atoms with E-state index in [9.17, 15) is 9.59 Å². The Bertz CT molecular complexity index is 448. The molecule has 19 heavy (non-hydrogen) atoms. The largest absolute Gasteiger partial charge is 0.480 e. The summed E-state index contributed by atoms with van der Waals surface area (Å²) >= 11 is 1.67. The molecule has 2 N–H and O–H groups in total. The van der Waals surface area contributed by atoms with Gasteiger partial charge in [-0.15, -0.1) is 0 Å². The number of aryl methyl sites for hydroxylation is 1. The number of hydrogen-bond acceptors (Lipinski definition) is 3. The van der Waals surface area contributed by atoms with E-state index in [1.54, 1.807) is 11.8 Å². The molecule has 1 unspecified atom stereocenters. The van der Waals surface area contributed by atoms with Crippen LogP contribution in [0.4, 0.5) is 0 Å².